The smallest absolute Gasteiger partial charge is 0.338 e. The first-order valence-corrected chi connectivity index (χ1v) is 10.4. The van der Waals surface area contributed by atoms with E-state index in [1.54, 1.807) is 12.1 Å². The summed E-state index contributed by atoms with van der Waals surface area (Å²) in [6.45, 7) is 11.0. The lowest BCUT2D eigenvalue weighted by Crippen LogP contribution is -2.23. The van der Waals surface area contributed by atoms with E-state index in [1.807, 2.05) is 33.8 Å². The summed E-state index contributed by atoms with van der Waals surface area (Å²) in [5.74, 6) is 0.315. The fourth-order valence-corrected chi connectivity index (χ4v) is 3.44. The van der Waals surface area contributed by atoms with Gasteiger partial charge in [0.25, 0.3) is 0 Å². The molecule has 0 amide bonds. The van der Waals surface area contributed by atoms with Crippen LogP contribution >= 0.6 is 0 Å². The Balaban J connectivity index is 1.71. The summed E-state index contributed by atoms with van der Waals surface area (Å²) in [5, 5.41) is 3.45. The molecule has 0 bridgehead atoms. The van der Waals surface area contributed by atoms with Gasteiger partial charge in [-0.3, -0.25) is 0 Å². The van der Waals surface area contributed by atoms with Crippen molar-refractivity contribution < 1.29 is 14.3 Å². The van der Waals surface area contributed by atoms with Crippen LogP contribution in [0.5, 0.6) is 5.75 Å². The third kappa shape index (κ3) is 5.89. The number of nitrogens with zero attached hydrogens (tertiary/aromatic N) is 1. The summed E-state index contributed by atoms with van der Waals surface area (Å²) in [7, 11) is 0. The summed E-state index contributed by atoms with van der Waals surface area (Å²) in [4.78, 5) is 14.8. The molecule has 5 heteroatoms. The number of esters is 1. The third-order valence-corrected chi connectivity index (χ3v) is 4.78. The average Bonchev–Trinajstić information content (AvgIpc) is 3.21. The Bertz CT molecular complexity index is 836. The SMILES string of the molecule is CCOc1cc(C(=O)OC(C)(C)C)ccc1NCc1cccc(N2CCCC2)c1. The highest BCUT2D eigenvalue weighted by molar-refractivity contribution is 5.91. The maximum absolute atomic E-state index is 12.4. The van der Waals surface area contributed by atoms with Gasteiger partial charge in [-0.15, -0.1) is 0 Å². The summed E-state index contributed by atoms with van der Waals surface area (Å²) in [6, 6.07) is 14.1. The fraction of sp³-hybridized carbons (Fsp3) is 0.458. The number of ether oxygens (including phenoxy) is 2. The van der Waals surface area contributed by atoms with Gasteiger partial charge in [-0.1, -0.05) is 12.1 Å². The van der Waals surface area contributed by atoms with Crippen LogP contribution in [-0.4, -0.2) is 31.3 Å². The number of rotatable bonds is 7. The van der Waals surface area contributed by atoms with E-state index in [0.717, 1.165) is 18.8 Å². The van der Waals surface area contributed by atoms with Gasteiger partial charge in [0, 0.05) is 25.3 Å². The largest absolute Gasteiger partial charge is 0.492 e. The van der Waals surface area contributed by atoms with E-state index in [-0.39, 0.29) is 5.97 Å². The van der Waals surface area contributed by atoms with Gasteiger partial charge in [-0.05, 0) is 76.4 Å². The molecule has 0 saturated carbocycles. The number of hydrogen-bond acceptors (Lipinski definition) is 5. The van der Waals surface area contributed by atoms with E-state index >= 15 is 0 Å². The van der Waals surface area contributed by atoms with Crippen molar-refractivity contribution in [1.29, 1.82) is 0 Å². The topological polar surface area (TPSA) is 50.8 Å². The fourth-order valence-electron chi connectivity index (χ4n) is 3.44. The van der Waals surface area contributed by atoms with Crippen LogP contribution in [0.1, 0.15) is 56.5 Å². The molecule has 0 atom stereocenters. The Kier molecular flexibility index (Phi) is 6.68. The highest BCUT2D eigenvalue weighted by atomic mass is 16.6. The molecule has 5 nitrogen and oxygen atoms in total. The molecule has 2 aromatic carbocycles. The molecule has 0 aliphatic carbocycles. The number of hydrogen-bond donors (Lipinski definition) is 1. The van der Waals surface area contributed by atoms with Gasteiger partial charge in [0.15, 0.2) is 0 Å². The minimum absolute atomic E-state index is 0.344. The molecular formula is C24H32N2O3. The van der Waals surface area contributed by atoms with Crippen LogP contribution in [0.4, 0.5) is 11.4 Å². The maximum Gasteiger partial charge on any atom is 0.338 e. The zero-order valence-electron chi connectivity index (χ0n) is 18.0. The van der Waals surface area contributed by atoms with Crippen molar-refractivity contribution in [2.75, 3.05) is 29.9 Å². The third-order valence-electron chi connectivity index (χ3n) is 4.78. The highest BCUT2D eigenvalue weighted by Gasteiger charge is 2.19. The minimum Gasteiger partial charge on any atom is -0.492 e. The molecular weight excluding hydrogens is 364 g/mol. The first-order chi connectivity index (χ1) is 13.9. The highest BCUT2D eigenvalue weighted by Crippen LogP contribution is 2.28. The van der Waals surface area contributed by atoms with Crippen LogP contribution < -0.4 is 15.0 Å². The van der Waals surface area contributed by atoms with Gasteiger partial charge in [0.2, 0.25) is 0 Å². The first-order valence-electron chi connectivity index (χ1n) is 10.4. The van der Waals surface area contributed by atoms with Crippen molar-refractivity contribution in [2.24, 2.45) is 0 Å². The molecule has 1 fully saturated rings. The normalized spacial score (nSPS) is 14.0. The van der Waals surface area contributed by atoms with Crippen LogP contribution in [0.2, 0.25) is 0 Å². The van der Waals surface area contributed by atoms with Gasteiger partial charge in [0.05, 0.1) is 17.9 Å². The number of benzene rings is 2. The summed E-state index contributed by atoms with van der Waals surface area (Å²) >= 11 is 0. The second-order valence-electron chi connectivity index (χ2n) is 8.36. The van der Waals surface area contributed by atoms with E-state index in [1.165, 1.54) is 24.1 Å². The molecule has 0 aromatic heterocycles. The second-order valence-corrected chi connectivity index (χ2v) is 8.36. The number of carbonyl (C=O) groups is 1. The van der Waals surface area contributed by atoms with Gasteiger partial charge in [-0.25, -0.2) is 4.79 Å². The number of anilines is 2. The number of carbonyl (C=O) groups excluding carboxylic acids is 1. The van der Waals surface area contributed by atoms with E-state index in [4.69, 9.17) is 9.47 Å². The number of nitrogens with one attached hydrogen (secondary N) is 1. The molecule has 29 heavy (non-hydrogen) atoms. The van der Waals surface area contributed by atoms with Crippen LogP contribution in [0.25, 0.3) is 0 Å². The molecule has 1 heterocycles. The van der Waals surface area contributed by atoms with Crippen molar-refractivity contribution >= 4 is 17.3 Å². The molecule has 156 valence electrons. The Labute approximate surface area is 174 Å². The Morgan fingerprint density at radius 3 is 2.55 bits per heavy atom. The summed E-state index contributed by atoms with van der Waals surface area (Å²) in [5.41, 5.74) is 3.33. The molecule has 0 radical (unpaired) electrons. The van der Waals surface area contributed by atoms with Crippen LogP contribution in [-0.2, 0) is 11.3 Å². The standard InChI is InChI=1S/C24H32N2O3/c1-5-28-22-16-19(23(27)29-24(2,3)4)11-12-21(22)25-17-18-9-8-10-20(15-18)26-13-6-7-14-26/h8-12,15-16,25H,5-7,13-14,17H2,1-4H3. The van der Waals surface area contributed by atoms with Gasteiger partial charge >= 0.3 is 5.97 Å². The van der Waals surface area contributed by atoms with Gasteiger partial charge in [-0.2, -0.15) is 0 Å². The lowest BCUT2D eigenvalue weighted by molar-refractivity contribution is 0.00691. The second kappa shape index (κ2) is 9.21. The lowest BCUT2D eigenvalue weighted by Gasteiger charge is -2.20. The van der Waals surface area contributed by atoms with E-state index in [0.29, 0.717) is 24.5 Å². The molecule has 1 N–H and O–H groups in total. The molecule has 3 rings (SSSR count). The summed E-state index contributed by atoms with van der Waals surface area (Å²) < 4.78 is 11.2. The van der Waals surface area contributed by atoms with Crippen molar-refractivity contribution in [2.45, 2.75) is 52.7 Å². The Hall–Kier alpha value is -2.69. The summed E-state index contributed by atoms with van der Waals surface area (Å²) in [6.07, 6.45) is 2.54. The molecule has 1 aliphatic rings. The molecule has 1 aliphatic heterocycles. The predicted octanol–water partition coefficient (Wildman–Crippen LogP) is 5.25. The van der Waals surface area contributed by atoms with Crippen LogP contribution in [0.3, 0.4) is 0 Å². The van der Waals surface area contributed by atoms with Gasteiger partial charge < -0.3 is 19.7 Å². The lowest BCUT2D eigenvalue weighted by atomic mass is 10.1. The minimum atomic E-state index is -0.528. The van der Waals surface area contributed by atoms with Crippen molar-refractivity contribution in [3.63, 3.8) is 0 Å². The van der Waals surface area contributed by atoms with Crippen molar-refractivity contribution in [3.05, 3.63) is 53.6 Å². The van der Waals surface area contributed by atoms with Crippen LogP contribution in [0.15, 0.2) is 42.5 Å². The van der Waals surface area contributed by atoms with E-state index in [9.17, 15) is 4.79 Å². The van der Waals surface area contributed by atoms with E-state index in [2.05, 4.69) is 34.5 Å². The average molecular weight is 397 g/mol. The maximum atomic E-state index is 12.4. The molecule has 1 saturated heterocycles. The van der Waals surface area contributed by atoms with Crippen LogP contribution in [0, 0.1) is 0 Å². The van der Waals surface area contributed by atoms with E-state index < -0.39 is 5.60 Å². The first kappa shape index (κ1) is 21.0. The Morgan fingerprint density at radius 1 is 1.10 bits per heavy atom. The molecule has 0 spiro atoms. The predicted molar refractivity (Wildman–Crippen MR) is 118 cm³/mol. The van der Waals surface area contributed by atoms with Crippen molar-refractivity contribution in [3.8, 4) is 5.75 Å². The zero-order chi connectivity index (χ0) is 20.9. The van der Waals surface area contributed by atoms with Gasteiger partial charge in [0.1, 0.15) is 11.4 Å². The Morgan fingerprint density at radius 2 is 1.86 bits per heavy atom. The molecule has 0 unspecified atom stereocenters. The molecule has 2 aromatic rings. The zero-order valence-corrected chi connectivity index (χ0v) is 18.0. The quantitative estimate of drug-likeness (QED) is 0.648. The monoisotopic (exact) mass is 396 g/mol. The van der Waals surface area contributed by atoms with Crippen molar-refractivity contribution in [1.82, 2.24) is 0 Å².